The number of nitrogens with one attached hydrogen (secondary N) is 2. The molecular formula is C24H29F2N3O3S. The van der Waals surface area contributed by atoms with Gasteiger partial charge in [-0.3, -0.25) is 4.39 Å². The Bertz CT molecular complexity index is 1110. The number of hydrogen-bond donors (Lipinski definition) is 2. The van der Waals surface area contributed by atoms with Crippen LogP contribution in [0.3, 0.4) is 0 Å². The van der Waals surface area contributed by atoms with Crippen LogP contribution >= 0.6 is 0 Å². The Balaban J connectivity index is 1.66. The molecule has 2 fully saturated rings. The van der Waals surface area contributed by atoms with Crippen LogP contribution in [0, 0.1) is 11.2 Å². The second kappa shape index (κ2) is 9.38. The van der Waals surface area contributed by atoms with Gasteiger partial charge in [0.25, 0.3) is 0 Å². The zero-order valence-electron chi connectivity index (χ0n) is 18.6. The van der Waals surface area contributed by atoms with E-state index in [1.165, 1.54) is 0 Å². The largest absolute Gasteiger partial charge is 0.338 e. The van der Waals surface area contributed by atoms with Crippen molar-refractivity contribution in [2.24, 2.45) is 5.41 Å². The molecule has 1 heterocycles. The molecular weight excluding hydrogens is 448 g/mol. The number of urea groups is 1. The monoisotopic (exact) mass is 477 g/mol. The third kappa shape index (κ3) is 5.19. The van der Waals surface area contributed by atoms with E-state index >= 15 is 4.39 Å². The molecule has 2 aromatic rings. The zero-order chi connectivity index (χ0) is 23.6. The van der Waals surface area contributed by atoms with E-state index < -0.39 is 28.8 Å². The molecule has 178 valence electrons. The van der Waals surface area contributed by atoms with Gasteiger partial charge >= 0.3 is 6.03 Å². The molecule has 2 N–H and O–H groups in total. The summed E-state index contributed by atoms with van der Waals surface area (Å²) in [6, 6.07) is 12.9. The number of rotatable bonds is 8. The molecule has 1 aliphatic carbocycles. The molecule has 2 amide bonds. The highest BCUT2D eigenvalue weighted by atomic mass is 32.2. The number of amides is 2. The lowest BCUT2D eigenvalue weighted by molar-refractivity contribution is 0.188. The van der Waals surface area contributed by atoms with Crippen LogP contribution in [0.4, 0.5) is 13.6 Å². The number of nitrogens with zero attached hydrogens (tertiary/aromatic N) is 1. The van der Waals surface area contributed by atoms with Gasteiger partial charge in [-0.05, 0) is 36.8 Å². The average molecular weight is 478 g/mol. The lowest BCUT2D eigenvalue weighted by atomic mass is 9.91. The third-order valence-electron chi connectivity index (χ3n) is 6.60. The Morgan fingerprint density at radius 3 is 2.52 bits per heavy atom. The van der Waals surface area contributed by atoms with Gasteiger partial charge in [0.15, 0.2) is 0 Å². The summed E-state index contributed by atoms with van der Waals surface area (Å²) >= 11 is 0. The Labute approximate surface area is 193 Å². The molecule has 2 aromatic carbocycles. The topological polar surface area (TPSA) is 78.5 Å². The summed E-state index contributed by atoms with van der Waals surface area (Å²) in [7, 11) is -3.55. The third-order valence-corrected chi connectivity index (χ3v) is 7.29. The maximum absolute atomic E-state index is 15.6. The normalized spacial score (nSPS) is 21.4. The summed E-state index contributed by atoms with van der Waals surface area (Å²) in [5.74, 6) is -0.378. The van der Waals surface area contributed by atoms with Crippen molar-refractivity contribution in [3.63, 3.8) is 0 Å². The SMILES string of the molecule is CS(=O)(=O)N[C@@H]1[C@H](Cc2cccc(-c3ccccc3)c2F)N(C(=O)NCCCF)CC12CC2. The smallest absolute Gasteiger partial charge is 0.317 e. The summed E-state index contributed by atoms with van der Waals surface area (Å²) in [5, 5.41) is 2.72. The molecule has 6 nitrogen and oxygen atoms in total. The molecule has 0 aromatic heterocycles. The fourth-order valence-electron chi connectivity index (χ4n) is 4.82. The van der Waals surface area contributed by atoms with Crippen molar-refractivity contribution in [2.75, 3.05) is 26.0 Å². The van der Waals surface area contributed by atoms with Gasteiger partial charge in [-0.15, -0.1) is 0 Å². The minimum absolute atomic E-state index is 0.165. The zero-order valence-corrected chi connectivity index (χ0v) is 19.4. The van der Waals surface area contributed by atoms with Crippen LogP contribution in [0.1, 0.15) is 24.8 Å². The molecule has 1 aliphatic heterocycles. The van der Waals surface area contributed by atoms with Gasteiger partial charge in [0.1, 0.15) is 5.82 Å². The van der Waals surface area contributed by atoms with Gasteiger partial charge in [-0.2, -0.15) is 0 Å². The molecule has 2 aliphatic rings. The summed E-state index contributed by atoms with van der Waals surface area (Å²) in [6.45, 7) is 0.0310. The number of alkyl halides is 1. The van der Waals surface area contributed by atoms with Gasteiger partial charge in [-0.25, -0.2) is 22.3 Å². The number of benzene rings is 2. The van der Waals surface area contributed by atoms with Crippen molar-refractivity contribution in [3.05, 3.63) is 59.9 Å². The van der Waals surface area contributed by atoms with Crippen LogP contribution in [0.25, 0.3) is 11.1 Å². The second-order valence-electron chi connectivity index (χ2n) is 9.05. The van der Waals surface area contributed by atoms with E-state index in [9.17, 15) is 17.6 Å². The molecule has 9 heteroatoms. The minimum atomic E-state index is -3.55. The highest BCUT2D eigenvalue weighted by molar-refractivity contribution is 7.88. The maximum Gasteiger partial charge on any atom is 0.317 e. The molecule has 0 unspecified atom stereocenters. The summed E-state index contributed by atoms with van der Waals surface area (Å²) in [6.07, 6.45) is 3.04. The quantitative estimate of drug-likeness (QED) is 0.572. The van der Waals surface area contributed by atoms with Gasteiger partial charge in [-0.1, -0.05) is 48.5 Å². The van der Waals surface area contributed by atoms with Crippen molar-refractivity contribution in [1.82, 2.24) is 14.9 Å². The summed E-state index contributed by atoms with van der Waals surface area (Å²) < 4.78 is 55.1. The molecule has 0 radical (unpaired) electrons. The Hall–Kier alpha value is -2.52. The lowest BCUT2D eigenvalue weighted by Crippen LogP contribution is -2.51. The molecule has 1 saturated heterocycles. The molecule has 33 heavy (non-hydrogen) atoms. The fourth-order valence-corrected chi connectivity index (χ4v) is 5.69. The molecule has 2 atom stereocenters. The van der Waals surface area contributed by atoms with E-state index in [2.05, 4.69) is 10.0 Å². The first-order valence-corrected chi connectivity index (χ1v) is 13.0. The molecule has 1 saturated carbocycles. The fraction of sp³-hybridized carbons (Fsp3) is 0.458. The molecule has 1 spiro atoms. The number of carbonyl (C=O) groups is 1. The van der Waals surface area contributed by atoms with Crippen LogP contribution in [0.15, 0.2) is 48.5 Å². The lowest BCUT2D eigenvalue weighted by Gasteiger charge is -2.29. The molecule has 0 bridgehead atoms. The predicted octanol–water partition coefficient (Wildman–Crippen LogP) is 3.49. The van der Waals surface area contributed by atoms with Gasteiger partial charge in [0, 0.05) is 30.1 Å². The maximum atomic E-state index is 15.6. The Kier molecular flexibility index (Phi) is 6.72. The van der Waals surface area contributed by atoms with Crippen molar-refractivity contribution in [2.45, 2.75) is 37.8 Å². The number of likely N-dealkylation sites (tertiary alicyclic amines) is 1. The first kappa shape index (κ1) is 23.6. The van der Waals surface area contributed by atoms with Crippen LogP contribution in [-0.2, 0) is 16.4 Å². The summed E-state index contributed by atoms with van der Waals surface area (Å²) in [4.78, 5) is 14.5. The van der Waals surface area contributed by atoms with Crippen molar-refractivity contribution < 1.29 is 22.0 Å². The van der Waals surface area contributed by atoms with E-state index in [0.29, 0.717) is 17.7 Å². The van der Waals surface area contributed by atoms with E-state index in [4.69, 9.17) is 0 Å². The highest BCUT2D eigenvalue weighted by Crippen LogP contribution is 2.55. The second-order valence-corrected chi connectivity index (χ2v) is 10.8. The highest BCUT2D eigenvalue weighted by Gasteiger charge is 2.61. The van der Waals surface area contributed by atoms with E-state index in [0.717, 1.165) is 24.7 Å². The van der Waals surface area contributed by atoms with Crippen LogP contribution in [0.2, 0.25) is 0 Å². The van der Waals surface area contributed by atoms with Crippen molar-refractivity contribution in [3.8, 4) is 11.1 Å². The van der Waals surface area contributed by atoms with Crippen LogP contribution in [-0.4, -0.2) is 57.5 Å². The first-order chi connectivity index (χ1) is 15.7. The average Bonchev–Trinajstić information content (AvgIpc) is 3.50. The van der Waals surface area contributed by atoms with Crippen molar-refractivity contribution >= 4 is 16.1 Å². The van der Waals surface area contributed by atoms with Gasteiger partial charge in [0.2, 0.25) is 10.0 Å². The molecule has 4 rings (SSSR count). The van der Waals surface area contributed by atoms with E-state index in [1.54, 1.807) is 23.1 Å². The van der Waals surface area contributed by atoms with Crippen LogP contribution < -0.4 is 10.0 Å². The number of hydrogen-bond acceptors (Lipinski definition) is 3. The minimum Gasteiger partial charge on any atom is -0.338 e. The number of halogens is 2. The first-order valence-electron chi connectivity index (χ1n) is 11.1. The van der Waals surface area contributed by atoms with Gasteiger partial charge in [0.05, 0.1) is 19.0 Å². The standard InChI is InChI=1S/C24H29F2N3O3S/c1-33(31,32)28-22-20(29(16-24(22)11-12-24)23(30)27-14-6-13-25)15-18-9-5-10-19(21(18)26)17-7-3-2-4-8-17/h2-5,7-10,20,22,28H,6,11-16H2,1H3,(H,27,30)/t20-,22+/m0/s1. The summed E-state index contributed by atoms with van der Waals surface area (Å²) in [5.41, 5.74) is 1.27. The van der Waals surface area contributed by atoms with E-state index in [-0.39, 0.29) is 36.6 Å². The van der Waals surface area contributed by atoms with Gasteiger partial charge < -0.3 is 10.2 Å². The van der Waals surface area contributed by atoms with E-state index in [1.807, 2.05) is 30.3 Å². The van der Waals surface area contributed by atoms with Crippen LogP contribution in [0.5, 0.6) is 0 Å². The van der Waals surface area contributed by atoms with Crippen molar-refractivity contribution in [1.29, 1.82) is 0 Å². The number of carbonyl (C=O) groups excluding carboxylic acids is 1. The number of sulfonamides is 1. The predicted molar refractivity (Wildman–Crippen MR) is 123 cm³/mol. The Morgan fingerprint density at radius 2 is 1.88 bits per heavy atom. The Morgan fingerprint density at radius 1 is 1.15 bits per heavy atom.